The molecule has 0 bridgehead atoms. The predicted octanol–water partition coefficient (Wildman–Crippen LogP) is 3.99. The monoisotopic (exact) mass is 332 g/mol. The number of rotatable bonds is 1. The maximum Gasteiger partial charge on any atom is 0.310 e. The summed E-state index contributed by atoms with van der Waals surface area (Å²) in [5.74, 6) is 2.51. The Hall–Kier alpha value is -1.32. The average molecular weight is 332 g/mol. The SMILES string of the molecule is CC(=O)OC1CCC2C3CC=C4OC(=O)CC[C@]4(C)C3CC[C@]12C. The smallest absolute Gasteiger partial charge is 0.310 e. The summed E-state index contributed by atoms with van der Waals surface area (Å²) in [5.41, 5.74) is 0.123. The quantitative estimate of drug-likeness (QED) is 0.681. The topological polar surface area (TPSA) is 52.6 Å². The lowest BCUT2D eigenvalue weighted by Gasteiger charge is -2.56. The zero-order valence-electron chi connectivity index (χ0n) is 15.0. The molecule has 0 N–H and O–H groups in total. The van der Waals surface area contributed by atoms with E-state index in [1.165, 1.54) is 6.92 Å². The third-order valence-corrected chi connectivity index (χ3v) is 7.69. The lowest BCUT2D eigenvalue weighted by molar-refractivity contribution is -0.159. The molecule has 4 unspecified atom stereocenters. The summed E-state index contributed by atoms with van der Waals surface area (Å²) in [6, 6.07) is 0. The van der Waals surface area contributed by atoms with E-state index in [1.54, 1.807) is 0 Å². The van der Waals surface area contributed by atoms with Crippen LogP contribution in [0.25, 0.3) is 0 Å². The van der Waals surface area contributed by atoms with E-state index in [9.17, 15) is 9.59 Å². The molecule has 0 spiro atoms. The normalized spacial score (nSPS) is 47.0. The molecule has 132 valence electrons. The fraction of sp³-hybridized carbons (Fsp3) is 0.800. The number of allylic oxidation sites excluding steroid dienone is 2. The second kappa shape index (κ2) is 5.34. The fourth-order valence-electron chi connectivity index (χ4n) is 6.41. The van der Waals surface area contributed by atoms with Crippen LogP contribution in [0.4, 0.5) is 0 Å². The Morgan fingerprint density at radius 2 is 2.00 bits per heavy atom. The van der Waals surface area contributed by atoms with Crippen molar-refractivity contribution in [1.82, 2.24) is 0 Å². The molecule has 1 heterocycles. The minimum Gasteiger partial charge on any atom is -0.462 e. The van der Waals surface area contributed by atoms with E-state index in [2.05, 4.69) is 19.9 Å². The summed E-state index contributed by atoms with van der Waals surface area (Å²) in [4.78, 5) is 23.2. The van der Waals surface area contributed by atoms with Crippen LogP contribution in [0.3, 0.4) is 0 Å². The Labute approximate surface area is 144 Å². The Kier molecular flexibility index (Phi) is 3.59. The van der Waals surface area contributed by atoms with Gasteiger partial charge in [-0.3, -0.25) is 9.59 Å². The van der Waals surface area contributed by atoms with Crippen molar-refractivity contribution in [2.24, 2.45) is 28.6 Å². The molecule has 1 aliphatic heterocycles. The van der Waals surface area contributed by atoms with Gasteiger partial charge in [-0.2, -0.15) is 0 Å². The molecular formula is C20H28O4. The number of ether oxygens (including phenoxy) is 2. The maximum absolute atomic E-state index is 11.7. The van der Waals surface area contributed by atoms with Crippen molar-refractivity contribution in [2.45, 2.75) is 71.8 Å². The molecule has 4 rings (SSSR count). The molecule has 3 aliphatic carbocycles. The van der Waals surface area contributed by atoms with Crippen molar-refractivity contribution in [3.8, 4) is 0 Å². The van der Waals surface area contributed by atoms with Gasteiger partial charge in [-0.1, -0.05) is 13.8 Å². The molecule has 2 saturated carbocycles. The first kappa shape index (κ1) is 16.2. The number of hydrogen-bond acceptors (Lipinski definition) is 4. The van der Waals surface area contributed by atoms with Gasteiger partial charge in [0.1, 0.15) is 11.9 Å². The van der Waals surface area contributed by atoms with Crippen LogP contribution >= 0.6 is 0 Å². The minimum absolute atomic E-state index is 0.0116. The van der Waals surface area contributed by atoms with E-state index >= 15 is 0 Å². The molecule has 0 aromatic carbocycles. The molecule has 0 aromatic heterocycles. The summed E-state index contributed by atoms with van der Waals surface area (Å²) < 4.78 is 11.3. The highest BCUT2D eigenvalue weighted by atomic mass is 16.5. The maximum atomic E-state index is 11.7. The van der Waals surface area contributed by atoms with Crippen molar-refractivity contribution in [3.63, 3.8) is 0 Å². The lowest BCUT2D eigenvalue weighted by Crippen LogP contribution is -2.51. The Morgan fingerprint density at radius 1 is 1.21 bits per heavy atom. The molecule has 0 radical (unpaired) electrons. The highest BCUT2D eigenvalue weighted by Gasteiger charge is 2.60. The van der Waals surface area contributed by atoms with Gasteiger partial charge in [0.15, 0.2) is 0 Å². The molecular weight excluding hydrogens is 304 g/mol. The van der Waals surface area contributed by atoms with E-state index in [0.717, 1.165) is 44.3 Å². The lowest BCUT2D eigenvalue weighted by atomic mass is 9.50. The molecule has 0 aromatic rings. The van der Waals surface area contributed by atoms with Crippen LogP contribution in [0, 0.1) is 28.6 Å². The third-order valence-electron chi connectivity index (χ3n) is 7.69. The van der Waals surface area contributed by atoms with Crippen molar-refractivity contribution >= 4 is 11.9 Å². The first-order chi connectivity index (χ1) is 11.3. The second-order valence-electron chi connectivity index (χ2n) is 8.79. The molecule has 3 fully saturated rings. The summed E-state index contributed by atoms with van der Waals surface area (Å²) in [7, 11) is 0. The minimum atomic E-state index is -0.152. The summed E-state index contributed by atoms with van der Waals surface area (Å²) in [5, 5.41) is 0. The molecule has 4 heteroatoms. The molecule has 24 heavy (non-hydrogen) atoms. The van der Waals surface area contributed by atoms with Crippen LogP contribution in [0.15, 0.2) is 11.8 Å². The molecule has 6 atom stereocenters. The zero-order valence-corrected chi connectivity index (χ0v) is 15.0. The summed E-state index contributed by atoms with van der Waals surface area (Å²) in [6.07, 6.45) is 9.09. The highest BCUT2D eigenvalue weighted by Crippen LogP contribution is 2.64. The van der Waals surface area contributed by atoms with Crippen LogP contribution in [-0.2, 0) is 19.1 Å². The number of carbonyl (C=O) groups excluding carboxylic acids is 2. The van der Waals surface area contributed by atoms with Crippen molar-refractivity contribution in [3.05, 3.63) is 11.8 Å². The largest absolute Gasteiger partial charge is 0.462 e. The fourth-order valence-corrected chi connectivity index (χ4v) is 6.41. The van der Waals surface area contributed by atoms with Crippen LogP contribution in [-0.4, -0.2) is 18.0 Å². The van der Waals surface area contributed by atoms with Gasteiger partial charge in [-0.15, -0.1) is 0 Å². The molecule has 4 aliphatic rings. The van der Waals surface area contributed by atoms with Crippen LogP contribution in [0.5, 0.6) is 0 Å². The van der Waals surface area contributed by atoms with Crippen LogP contribution in [0.2, 0.25) is 0 Å². The molecule has 1 saturated heterocycles. The predicted molar refractivity (Wildman–Crippen MR) is 88.7 cm³/mol. The highest BCUT2D eigenvalue weighted by molar-refractivity contribution is 5.72. The zero-order chi connectivity index (χ0) is 17.1. The average Bonchev–Trinajstić information content (AvgIpc) is 2.84. The Bertz CT molecular complexity index is 609. The molecule has 0 amide bonds. The van der Waals surface area contributed by atoms with Crippen molar-refractivity contribution in [1.29, 1.82) is 0 Å². The van der Waals surface area contributed by atoms with E-state index in [4.69, 9.17) is 9.47 Å². The Balaban J connectivity index is 1.63. The van der Waals surface area contributed by atoms with Crippen LogP contribution < -0.4 is 0 Å². The van der Waals surface area contributed by atoms with E-state index < -0.39 is 0 Å². The van der Waals surface area contributed by atoms with Gasteiger partial charge in [-0.25, -0.2) is 0 Å². The van der Waals surface area contributed by atoms with Crippen molar-refractivity contribution < 1.29 is 19.1 Å². The van der Waals surface area contributed by atoms with Gasteiger partial charge >= 0.3 is 11.9 Å². The van der Waals surface area contributed by atoms with Crippen LogP contribution in [0.1, 0.15) is 65.7 Å². The van der Waals surface area contributed by atoms with E-state index in [0.29, 0.717) is 24.2 Å². The van der Waals surface area contributed by atoms with E-state index in [-0.39, 0.29) is 28.9 Å². The standard InChI is InChI=1S/C20H28O4/c1-12(21)23-16-7-5-14-13-4-6-17-20(3,11-9-18(22)24-17)15(13)8-10-19(14,16)2/h6,13-16H,4-5,7-11H2,1-3H3/t13?,14?,15?,16?,19-,20+/m0/s1. The van der Waals surface area contributed by atoms with Crippen molar-refractivity contribution in [2.75, 3.05) is 0 Å². The number of hydrogen-bond donors (Lipinski definition) is 0. The van der Waals surface area contributed by atoms with E-state index in [1.807, 2.05) is 0 Å². The van der Waals surface area contributed by atoms with Gasteiger partial charge in [0, 0.05) is 24.2 Å². The van der Waals surface area contributed by atoms with Gasteiger partial charge in [0.2, 0.25) is 0 Å². The van der Waals surface area contributed by atoms with Gasteiger partial charge in [0.25, 0.3) is 0 Å². The first-order valence-electron chi connectivity index (χ1n) is 9.43. The van der Waals surface area contributed by atoms with Gasteiger partial charge < -0.3 is 9.47 Å². The first-order valence-corrected chi connectivity index (χ1v) is 9.43. The van der Waals surface area contributed by atoms with Gasteiger partial charge in [0.05, 0.1) is 0 Å². The number of fused-ring (bicyclic) bond motifs is 5. The molecule has 4 nitrogen and oxygen atoms in total. The summed E-state index contributed by atoms with van der Waals surface area (Å²) in [6.45, 7) is 6.15. The summed E-state index contributed by atoms with van der Waals surface area (Å²) >= 11 is 0. The van der Waals surface area contributed by atoms with Gasteiger partial charge in [-0.05, 0) is 62.4 Å². The second-order valence-corrected chi connectivity index (χ2v) is 8.79. The number of esters is 2. The Morgan fingerprint density at radius 3 is 2.75 bits per heavy atom. The third kappa shape index (κ3) is 2.18. The number of carbonyl (C=O) groups is 2.